The van der Waals surface area contributed by atoms with Gasteiger partial charge in [0.25, 0.3) is 5.69 Å². The number of nitro benzene ring substituents is 1. The summed E-state index contributed by atoms with van der Waals surface area (Å²) in [6.45, 7) is 0. The minimum atomic E-state index is -4.58. The topological polar surface area (TPSA) is 107 Å². The van der Waals surface area contributed by atoms with Crippen molar-refractivity contribution < 1.29 is 22.1 Å². The summed E-state index contributed by atoms with van der Waals surface area (Å²) >= 11 is 0. The van der Waals surface area contributed by atoms with E-state index >= 15 is 0 Å². The SMILES string of the molecule is O=[N+]([O-])c1ccc(OS(=O)(=O)O)cc1.[K]. The Morgan fingerprint density at radius 1 is 1.27 bits per heavy atom. The van der Waals surface area contributed by atoms with Crippen LogP contribution in [0.25, 0.3) is 0 Å². The van der Waals surface area contributed by atoms with E-state index in [9.17, 15) is 18.5 Å². The average Bonchev–Trinajstić information content (AvgIpc) is 2.02. The van der Waals surface area contributed by atoms with Gasteiger partial charge in [-0.2, -0.15) is 8.42 Å². The van der Waals surface area contributed by atoms with Gasteiger partial charge in [-0.15, -0.1) is 0 Å². The second kappa shape index (κ2) is 5.89. The van der Waals surface area contributed by atoms with E-state index in [1.54, 1.807) is 0 Å². The average molecular weight is 258 g/mol. The summed E-state index contributed by atoms with van der Waals surface area (Å²) in [6, 6.07) is 4.23. The molecule has 1 aromatic rings. The van der Waals surface area contributed by atoms with Crippen LogP contribution in [0.4, 0.5) is 5.69 Å². The van der Waals surface area contributed by atoms with Gasteiger partial charge >= 0.3 is 10.4 Å². The van der Waals surface area contributed by atoms with E-state index in [2.05, 4.69) is 4.18 Å². The molecule has 0 aliphatic rings. The third kappa shape index (κ3) is 5.56. The molecule has 1 radical (unpaired) electrons. The van der Waals surface area contributed by atoms with Gasteiger partial charge in [-0.05, 0) is 12.1 Å². The molecule has 1 aromatic carbocycles. The third-order valence-corrected chi connectivity index (χ3v) is 1.65. The number of hydrogen-bond acceptors (Lipinski definition) is 5. The Morgan fingerprint density at radius 2 is 1.73 bits per heavy atom. The van der Waals surface area contributed by atoms with Gasteiger partial charge in [-0.1, -0.05) is 0 Å². The van der Waals surface area contributed by atoms with Crippen LogP contribution in [0.5, 0.6) is 5.75 Å². The largest absolute Gasteiger partial charge is 0.446 e. The first-order valence-electron chi connectivity index (χ1n) is 3.30. The van der Waals surface area contributed by atoms with E-state index in [1.165, 1.54) is 0 Å². The van der Waals surface area contributed by atoms with Crippen LogP contribution in [-0.4, -0.2) is 69.3 Å². The zero-order valence-electron chi connectivity index (χ0n) is 7.65. The summed E-state index contributed by atoms with van der Waals surface area (Å²) in [5.41, 5.74) is -0.201. The number of nitro groups is 1. The predicted molar refractivity (Wildman–Crippen MR) is 51.0 cm³/mol. The zero-order chi connectivity index (χ0) is 10.8. The first-order chi connectivity index (χ1) is 6.38. The standard InChI is InChI=1S/C6H5NO6S.K/c8-7(9)5-1-3-6(4-2-5)13-14(10,11)12;/h1-4H,(H,10,11,12);. The maximum absolute atomic E-state index is 10.2. The Bertz CT molecular complexity index is 441. The van der Waals surface area contributed by atoms with E-state index in [0.29, 0.717) is 0 Å². The van der Waals surface area contributed by atoms with E-state index < -0.39 is 15.3 Å². The third-order valence-electron chi connectivity index (χ3n) is 1.25. The van der Waals surface area contributed by atoms with Gasteiger partial charge in [0.2, 0.25) is 0 Å². The Kier molecular flexibility index (Phi) is 5.88. The van der Waals surface area contributed by atoms with Gasteiger partial charge in [0, 0.05) is 63.5 Å². The molecule has 0 aliphatic heterocycles. The van der Waals surface area contributed by atoms with Crippen molar-refractivity contribution in [2.24, 2.45) is 0 Å². The van der Waals surface area contributed by atoms with Crippen molar-refractivity contribution >= 4 is 67.5 Å². The van der Waals surface area contributed by atoms with Crippen molar-refractivity contribution in [3.8, 4) is 5.75 Å². The second-order valence-electron chi connectivity index (χ2n) is 2.26. The summed E-state index contributed by atoms with van der Waals surface area (Å²) in [5.74, 6) is -0.196. The summed E-state index contributed by atoms with van der Waals surface area (Å²) in [5, 5.41) is 10.2. The molecule has 9 heteroatoms. The Morgan fingerprint density at radius 3 is 2.07 bits per heavy atom. The van der Waals surface area contributed by atoms with Crippen LogP contribution in [-0.2, 0) is 10.4 Å². The fourth-order valence-corrected chi connectivity index (χ4v) is 1.10. The fourth-order valence-electron chi connectivity index (χ4n) is 0.745. The van der Waals surface area contributed by atoms with E-state index in [1.807, 2.05) is 0 Å². The molecule has 0 bridgehead atoms. The molecular weight excluding hydrogens is 253 g/mol. The van der Waals surface area contributed by atoms with Crippen LogP contribution in [0.2, 0.25) is 0 Å². The molecule has 0 saturated heterocycles. The molecule has 0 unspecified atom stereocenters. The molecule has 0 aliphatic carbocycles. The van der Waals surface area contributed by atoms with Crippen molar-refractivity contribution in [1.29, 1.82) is 0 Å². The van der Waals surface area contributed by atoms with Crippen molar-refractivity contribution in [1.82, 2.24) is 0 Å². The molecule has 0 amide bonds. The quantitative estimate of drug-likeness (QED) is 0.364. The molecule has 0 aromatic heterocycles. The van der Waals surface area contributed by atoms with Crippen molar-refractivity contribution in [2.45, 2.75) is 0 Å². The van der Waals surface area contributed by atoms with Crippen molar-refractivity contribution in [3.05, 3.63) is 34.4 Å². The maximum atomic E-state index is 10.2. The van der Waals surface area contributed by atoms with Crippen LogP contribution >= 0.6 is 0 Å². The molecule has 7 nitrogen and oxygen atoms in total. The van der Waals surface area contributed by atoms with Gasteiger partial charge in [-0.25, -0.2) is 0 Å². The predicted octanol–water partition coefficient (Wildman–Crippen LogP) is 0.396. The summed E-state index contributed by atoms with van der Waals surface area (Å²) < 4.78 is 32.7. The number of rotatable bonds is 3. The number of nitrogens with zero attached hydrogens (tertiary/aromatic N) is 1. The summed E-state index contributed by atoms with van der Waals surface area (Å²) in [7, 11) is -4.58. The first-order valence-corrected chi connectivity index (χ1v) is 4.66. The molecule has 0 fully saturated rings. The van der Waals surface area contributed by atoms with Gasteiger partial charge in [0.05, 0.1) is 4.92 Å². The summed E-state index contributed by atoms with van der Waals surface area (Å²) in [6.07, 6.45) is 0. The van der Waals surface area contributed by atoms with E-state index in [-0.39, 0.29) is 62.8 Å². The van der Waals surface area contributed by atoms with Crippen LogP contribution < -0.4 is 4.18 Å². The summed E-state index contributed by atoms with van der Waals surface area (Å²) in [4.78, 5) is 9.55. The second-order valence-corrected chi connectivity index (χ2v) is 3.28. The van der Waals surface area contributed by atoms with Gasteiger partial charge < -0.3 is 4.18 Å². The zero-order valence-corrected chi connectivity index (χ0v) is 11.6. The van der Waals surface area contributed by atoms with Gasteiger partial charge in [-0.3, -0.25) is 14.7 Å². The van der Waals surface area contributed by atoms with Crippen LogP contribution in [0.3, 0.4) is 0 Å². The molecular formula is C6H5KNO6S. The van der Waals surface area contributed by atoms with E-state index in [0.717, 1.165) is 24.3 Å². The van der Waals surface area contributed by atoms with Gasteiger partial charge in [0.1, 0.15) is 5.75 Å². The first kappa shape index (κ1) is 15.0. The molecule has 0 heterocycles. The maximum Gasteiger partial charge on any atom is 0.446 e. The number of hydrogen-bond donors (Lipinski definition) is 1. The van der Waals surface area contributed by atoms with Crippen LogP contribution in [0, 0.1) is 10.1 Å². The Labute approximate surface area is 128 Å². The molecule has 0 spiro atoms. The number of benzene rings is 1. The molecule has 1 rings (SSSR count). The van der Waals surface area contributed by atoms with E-state index in [4.69, 9.17) is 4.55 Å². The molecule has 0 saturated carbocycles. The van der Waals surface area contributed by atoms with Crippen molar-refractivity contribution in [2.75, 3.05) is 0 Å². The monoisotopic (exact) mass is 258 g/mol. The molecule has 15 heavy (non-hydrogen) atoms. The van der Waals surface area contributed by atoms with Gasteiger partial charge in [0.15, 0.2) is 0 Å². The Hall–Kier alpha value is -0.0336. The molecule has 77 valence electrons. The van der Waals surface area contributed by atoms with Crippen molar-refractivity contribution in [3.63, 3.8) is 0 Å². The Balaban J connectivity index is 0.00000196. The van der Waals surface area contributed by atoms with Crippen LogP contribution in [0.1, 0.15) is 0 Å². The smallest absolute Gasteiger partial charge is 0.362 e. The number of non-ortho nitro benzene ring substituents is 1. The minimum Gasteiger partial charge on any atom is -0.362 e. The fraction of sp³-hybridized carbons (Fsp3) is 0. The van der Waals surface area contributed by atoms with Crippen LogP contribution in [0.15, 0.2) is 24.3 Å². The molecule has 0 atom stereocenters. The normalized spacial score (nSPS) is 10.2. The minimum absolute atomic E-state index is 0. The molecule has 1 N–H and O–H groups in total.